The summed E-state index contributed by atoms with van der Waals surface area (Å²) < 4.78 is 3.46. The Morgan fingerprint density at radius 3 is 2.63 bits per heavy atom. The van der Waals surface area contributed by atoms with Crippen LogP contribution in [0.1, 0.15) is 23.4 Å². The lowest BCUT2D eigenvalue weighted by atomic mass is 10.2. The monoisotopic (exact) mass is 425 g/mol. The second-order valence-electron chi connectivity index (χ2n) is 6.18. The molecule has 0 atom stereocenters. The molecule has 0 bridgehead atoms. The van der Waals surface area contributed by atoms with Gasteiger partial charge < -0.3 is 5.32 Å². The third kappa shape index (κ3) is 4.83. The molecule has 27 heavy (non-hydrogen) atoms. The largest absolute Gasteiger partial charge is 0.323 e. The van der Waals surface area contributed by atoms with Crippen molar-refractivity contribution in [1.29, 1.82) is 0 Å². The van der Waals surface area contributed by atoms with Gasteiger partial charge in [0.2, 0.25) is 5.91 Å². The predicted octanol–water partition coefficient (Wildman–Crippen LogP) is 4.73. The number of carbonyl (C=O) groups excluding carboxylic acids is 1. The Bertz CT molecular complexity index is 980. The molecule has 0 fully saturated rings. The third-order valence-corrected chi connectivity index (χ3v) is 5.38. The van der Waals surface area contributed by atoms with Gasteiger partial charge in [-0.3, -0.25) is 14.2 Å². The lowest BCUT2D eigenvalue weighted by Crippen LogP contribution is -2.15. The van der Waals surface area contributed by atoms with Crippen LogP contribution in [0.4, 0.5) is 5.69 Å². The van der Waals surface area contributed by atoms with Crippen molar-refractivity contribution in [1.82, 2.24) is 19.6 Å². The minimum atomic E-state index is -0.118. The van der Waals surface area contributed by atoms with Gasteiger partial charge >= 0.3 is 0 Å². The molecule has 3 aromatic rings. The van der Waals surface area contributed by atoms with Crippen LogP contribution in [-0.2, 0) is 17.9 Å². The van der Waals surface area contributed by atoms with Crippen molar-refractivity contribution in [2.45, 2.75) is 33.4 Å². The normalized spacial score (nSPS) is 11.0. The molecule has 0 saturated heterocycles. The Kier molecular flexibility index (Phi) is 6.09. The molecule has 2 heterocycles. The highest BCUT2D eigenvalue weighted by Crippen LogP contribution is 2.23. The third-order valence-electron chi connectivity index (χ3n) is 4.09. The number of hydrogen-bond donors (Lipinski definition) is 1. The maximum atomic E-state index is 12.2. The van der Waals surface area contributed by atoms with Crippen LogP contribution in [0.25, 0.3) is 0 Å². The molecular weight excluding hydrogens is 409 g/mol. The summed E-state index contributed by atoms with van der Waals surface area (Å²) in [6.07, 6.45) is 3.66. The maximum Gasteiger partial charge on any atom is 0.226 e. The van der Waals surface area contributed by atoms with Crippen molar-refractivity contribution in [3.05, 3.63) is 62.6 Å². The van der Waals surface area contributed by atoms with Crippen molar-refractivity contribution in [3.8, 4) is 0 Å². The number of aryl methyl sites for hydroxylation is 2. The smallest absolute Gasteiger partial charge is 0.226 e. The van der Waals surface area contributed by atoms with E-state index in [0.717, 1.165) is 17.0 Å². The average molecular weight is 427 g/mol. The SMILES string of the molecule is Cc1nn(CCC(=O)Nc2cnn(Cc3ccc(Cl)c(Cl)c3)c2)c(C)c1Cl. The zero-order valence-electron chi connectivity index (χ0n) is 14.8. The molecule has 3 rings (SSSR count). The number of benzene rings is 1. The van der Waals surface area contributed by atoms with Gasteiger partial charge in [0.1, 0.15) is 0 Å². The van der Waals surface area contributed by atoms with Crippen LogP contribution in [0.15, 0.2) is 30.6 Å². The minimum absolute atomic E-state index is 0.118. The summed E-state index contributed by atoms with van der Waals surface area (Å²) in [4.78, 5) is 12.2. The van der Waals surface area contributed by atoms with Crippen LogP contribution in [0.5, 0.6) is 0 Å². The highest BCUT2D eigenvalue weighted by Gasteiger charge is 2.11. The predicted molar refractivity (Wildman–Crippen MR) is 108 cm³/mol. The van der Waals surface area contributed by atoms with E-state index in [2.05, 4.69) is 15.5 Å². The first kappa shape index (κ1) is 19.7. The molecule has 9 heteroatoms. The van der Waals surface area contributed by atoms with Crippen LogP contribution in [-0.4, -0.2) is 25.5 Å². The van der Waals surface area contributed by atoms with E-state index in [1.807, 2.05) is 19.9 Å². The van der Waals surface area contributed by atoms with Gasteiger partial charge in [0.05, 0.1) is 51.4 Å². The van der Waals surface area contributed by atoms with E-state index in [-0.39, 0.29) is 12.3 Å². The summed E-state index contributed by atoms with van der Waals surface area (Å²) in [5.74, 6) is -0.118. The van der Waals surface area contributed by atoms with Crippen LogP contribution in [0.2, 0.25) is 15.1 Å². The standard InChI is InChI=1S/C18H18Cl3N5O/c1-11-18(21)12(2)26(24-11)6-5-17(27)23-14-8-22-25(10-14)9-13-3-4-15(19)16(20)7-13/h3-4,7-8,10H,5-6,9H2,1-2H3,(H,23,27). The van der Waals surface area contributed by atoms with E-state index >= 15 is 0 Å². The van der Waals surface area contributed by atoms with Gasteiger partial charge in [-0.1, -0.05) is 40.9 Å². The Hall–Kier alpha value is -2.02. The van der Waals surface area contributed by atoms with Gasteiger partial charge in [0.15, 0.2) is 0 Å². The van der Waals surface area contributed by atoms with Crippen molar-refractivity contribution in [2.24, 2.45) is 0 Å². The molecule has 0 radical (unpaired) electrons. The molecule has 1 N–H and O–H groups in total. The highest BCUT2D eigenvalue weighted by molar-refractivity contribution is 6.42. The number of nitrogens with one attached hydrogen (secondary N) is 1. The van der Waals surface area contributed by atoms with Crippen molar-refractivity contribution >= 4 is 46.4 Å². The molecule has 0 unspecified atom stereocenters. The Balaban J connectivity index is 1.55. The molecule has 6 nitrogen and oxygen atoms in total. The number of carbonyl (C=O) groups is 1. The average Bonchev–Trinajstić information content (AvgIpc) is 3.16. The Morgan fingerprint density at radius 1 is 1.19 bits per heavy atom. The molecule has 1 aromatic carbocycles. The van der Waals surface area contributed by atoms with Crippen molar-refractivity contribution in [2.75, 3.05) is 5.32 Å². The number of halogens is 3. The van der Waals surface area contributed by atoms with E-state index in [0.29, 0.717) is 33.8 Å². The lowest BCUT2D eigenvalue weighted by Gasteiger charge is -2.05. The first-order chi connectivity index (χ1) is 12.8. The molecular formula is C18H18Cl3N5O. The zero-order chi connectivity index (χ0) is 19.6. The minimum Gasteiger partial charge on any atom is -0.323 e. The van der Waals surface area contributed by atoms with Gasteiger partial charge in [-0.25, -0.2) is 0 Å². The summed E-state index contributed by atoms with van der Waals surface area (Å²) in [5.41, 5.74) is 3.22. The van der Waals surface area contributed by atoms with E-state index in [9.17, 15) is 4.79 Å². The highest BCUT2D eigenvalue weighted by atomic mass is 35.5. The van der Waals surface area contributed by atoms with Gasteiger partial charge in [0, 0.05) is 12.6 Å². The molecule has 0 saturated carbocycles. The second-order valence-corrected chi connectivity index (χ2v) is 7.37. The van der Waals surface area contributed by atoms with E-state index in [1.54, 1.807) is 33.9 Å². The number of amides is 1. The summed E-state index contributed by atoms with van der Waals surface area (Å²) in [7, 11) is 0. The summed E-state index contributed by atoms with van der Waals surface area (Å²) in [6, 6.07) is 5.42. The Morgan fingerprint density at radius 2 is 1.96 bits per heavy atom. The molecule has 0 aliphatic rings. The number of hydrogen-bond acceptors (Lipinski definition) is 3. The molecule has 0 aliphatic carbocycles. The van der Waals surface area contributed by atoms with Crippen LogP contribution in [0, 0.1) is 13.8 Å². The van der Waals surface area contributed by atoms with E-state index in [1.165, 1.54) is 0 Å². The fraction of sp³-hybridized carbons (Fsp3) is 0.278. The topological polar surface area (TPSA) is 64.7 Å². The quantitative estimate of drug-likeness (QED) is 0.619. The first-order valence-electron chi connectivity index (χ1n) is 8.29. The summed E-state index contributed by atoms with van der Waals surface area (Å²) >= 11 is 18.1. The number of anilines is 1. The Labute approximate surface area is 172 Å². The number of aromatic nitrogens is 4. The van der Waals surface area contributed by atoms with E-state index in [4.69, 9.17) is 34.8 Å². The summed E-state index contributed by atoms with van der Waals surface area (Å²) in [6.45, 7) is 4.71. The van der Waals surface area contributed by atoms with Gasteiger partial charge in [0.25, 0.3) is 0 Å². The number of nitrogens with zero attached hydrogens (tertiary/aromatic N) is 4. The van der Waals surface area contributed by atoms with Crippen LogP contribution in [0.3, 0.4) is 0 Å². The summed E-state index contributed by atoms with van der Waals surface area (Å²) in [5, 5.41) is 13.1. The molecule has 1 amide bonds. The van der Waals surface area contributed by atoms with Crippen molar-refractivity contribution in [3.63, 3.8) is 0 Å². The molecule has 0 spiro atoms. The van der Waals surface area contributed by atoms with E-state index < -0.39 is 0 Å². The van der Waals surface area contributed by atoms with Gasteiger partial charge in [-0.05, 0) is 31.5 Å². The zero-order valence-corrected chi connectivity index (χ0v) is 17.1. The lowest BCUT2D eigenvalue weighted by molar-refractivity contribution is -0.116. The second kappa shape index (κ2) is 8.33. The van der Waals surface area contributed by atoms with Crippen LogP contribution < -0.4 is 5.32 Å². The molecule has 142 valence electrons. The van der Waals surface area contributed by atoms with Crippen molar-refractivity contribution < 1.29 is 4.79 Å². The molecule has 0 aliphatic heterocycles. The fourth-order valence-electron chi connectivity index (χ4n) is 2.66. The number of rotatable bonds is 6. The maximum absolute atomic E-state index is 12.2. The first-order valence-corrected chi connectivity index (χ1v) is 9.42. The van der Waals surface area contributed by atoms with Gasteiger partial charge in [-0.2, -0.15) is 10.2 Å². The fourth-order valence-corrected chi connectivity index (χ4v) is 3.12. The molecule has 2 aromatic heterocycles. The van der Waals surface area contributed by atoms with Gasteiger partial charge in [-0.15, -0.1) is 0 Å². The van der Waals surface area contributed by atoms with Crippen LogP contribution >= 0.6 is 34.8 Å².